The third-order valence-electron chi connectivity index (χ3n) is 8.38. The van der Waals surface area contributed by atoms with Gasteiger partial charge in [0.05, 0.1) is 0 Å². The fourth-order valence-electron chi connectivity index (χ4n) is 6.15. The Morgan fingerprint density at radius 3 is 2.27 bits per heavy atom. The number of piperidine rings is 2. The van der Waals surface area contributed by atoms with Crippen LogP contribution in [0.25, 0.3) is 10.8 Å². The number of fused-ring (bicyclic) bond motifs is 1. The number of hydrogen-bond donors (Lipinski definition) is 2. The van der Waals surface area contributed by atoms with Gasteiger partial charge in [0.15, 0.2) is 0 Å². The van der Waals surface area contributed by atoms with Crippen molar-refractivity contribution in [1.82, 2.24) is 15.5 Å². The third-order valence-corrected chi connectivity index (χ3v) is 8.38. The lowest BCUT2D eigenvalue weighted by Crippen LogP contribution is -2.55. The van der Waals surface area contributed by atoms with Gasteiger partial charge in [-0.05, 0) is 67.2 Å². The van der Waals surface area contributed by atoms with Crippen LogP contribution in [0.1, 0.15) is 44.6 Å². The molecule has 2 heterocycles. The number of halogens is 1. The van der Waals surface area contributed by atoms with E-state index < -0.39 is 6.04 Å². The quantitative estimate of drug-likeness (QED) is 0.406. The minimum absolute atomic E-state index is 0. The number of hydrogen-bond acceptors (Lipinski definition) is 4. The number of anilines is 1. The van der Waals surface area contributed by atoms with Gasteiger partial charge in [0.25, 0.3) is 0 Å². The minimum Gasteiger partial charge on any atom is -0.344 e. The summed E-state index contributed by atoms with van der Waals surface area (Å²) in [7, 11) is 0. The van der Waals surface area contributed by atoms with Crippen molar-refractivity contribution in [3.63, 3.8) is 0 Å². The number of nitrogens with zero attached hydrogens (tertiary/aromatic N) is 2. The van der Waals surface area contributed by atoms with Crippen molar-refractivity contribution in [3.05, 3.63) is 78.4 Å². The third kappa shape index (κ3) is 7.27. The summed E-state index contributed by atoms with van der Waals surface area (Å²) in [5, 5.41) is 8.70. The summed E-state index contributed by atoms with van der Waals surface area (Å²) in [6, 6.07) is 23.5. The van der Waals surface area contributed by atoms with E-state index in [1.807, 2.05) is 65.3 Å². The van der Waals surface area contributed by atoms with Crippen molar-refractivity contribution < 1.29 is 14.4 Å². The summed E-state index contributed by atoms with van der Waals surface area (Å²) in [6.07, 6.45) is 3.86. The van der Waals surface area contributed by atoms with Gasteiger partial charge in [-0.2, -0.15) is 0 Å². The number of rotatable bonds is 8. The van der Waals surface area contributed by atoms with Crippen LogP contribution in [0.4, 0.5) is 5.69 Å². The molecule has 0 bridgehead atoms. The summed E-state index contributed by atoms with van der Waals surface area (Å²) in [5.41, 5.74) is 1.96. The van der Waals surface area contributed by atoms with Crippen LogP contribution in [0.15, 0.2) is 72.8 Å². The first kappa shape index (κ1) is 30.5. The lowest BCUT2D eigenvalue weighted by Gasteiger charge is -2.39. The second kappa shape index (κ2) is 14.5. The molecule has 8 heteroatoms. The van der Waals surface area contributed by atoms with Crippen molar-refractivity contribution in [1.29, 1.82) is 0 Å². The smallest absolute Gasteiger partial charge is 0.245 e. The van der Waals surface area contributed by atoms with Gasteiger partial charge in [-0.3, -0.25) is 14.4 Å². The first-order valence-electron chi connectivity index (χ1n) is 14.7. The summed E-state index contributed by atoms with van der Waals surface area (Å²) >= 11 is 0. The number of carbonyl (C=O) groups excluding carboxylic acids is 3. The highest BCUT2D eigenvalue weighted by Gasteiger charge is 2.34. The Hall–Kier alpha value is -3.42. The van der Waals surface area contributed by atoms with Crippen LogP contribution in [-0.2, 0) is 20.8 Å². The molecule has 7 nitrogen and oxygen atoms in total. The van der Waals surface area contributed by atoms with Crippen LogP contribution < -0.4 is 15.5 Å². The lowest BCUT2D eigenvalue weighted by molar-refractivity contribution is -0.138. The Bertz CT molecular complexity index is 1320. The predicted octanol–water partition coefficient (Wildman–Crippen LogP) is 4.72. The molecule has 3 amide bonds. The summed E-state index contributed by atoms with van der Waals surface area (Å²) in [5.74, 6) is -0.0474. The highest BCUT2D eigenvalue weighted by Crippen LogP contribution is 2.26. The average molecular weight is 577 g/mol. The van der Waals surface area contributed by atoms with E-state index >= 15 is 0 Å². The van der Waals surface area contributed by atoms with Crippen LogP contribution in [0, 0.1) is 5.92 Å². The van der Waals surface area contributed by atoms with Crippen molar-refractivity contribution >= 4 is 46.6 Å². The molecular weight excluding hydrogens is 536 g/mol. The van der Waals surface area contributed by atoms with Crippen molar-refractivity contribution in [2.75, 3.05) is 31.1 Å². The van der Waals surface area contributed by atoms with Gasteiger partial charge < -0.3 is 20.4 Å². The molecular formula is C33H41ClN4O3. The molecule has 0 aliphatic carbocycles. The Morgan fingerprint density at radius 1 is 0.902 bits per heavy atom. The average Bonchev–Trinajstić information content (AvgIpc) is 3.02. The summed E-state index contributed by atoms with van der Waals surface area (Å²) in [4.78, 5) is 44.0. The van der Waals surface area contributed by atoms with Gasteiger partial charge in [-0.25, -0.2) is 0 Å². The molecule has 41 heavy (non-hydrogen) atoms. The van der Waals surface area contributed by atoms with Gasteiger partial charge in [0.2, 0.25) is 17.7 Å². The molecule has 2 saturated heterocycles. The fraction of sp³-hybridized carbons (Fsp3) is 0.424. The van der Waals surface area contributed by atoms with Gasteiger partial charge in [0, 0.05) is 43.6 Å². The zero-order chi connectivity index (χ0) is 27.9. The highest BCUT2D eigenvalue weighted by molar-refractivity contribution is 5.94. The molecule has 0 unspecified atom stereocenters. The maximum Gasteiger partial charge on any atom is 0.245 e. The molecule has 5 rings (SSSR count). The molecule has 2 aliphatic rings. The molecule has 218 valence electrons. The zero-order valence-electron chi connectivity index (χ0n) is 23.8. The molecule has 2 aliphatic heterocycles. The molecule has 0 saturated carbocycles. The van der Waals surface area contributed by atoms with Crippen molar-refractivity contribution in [3.8, 4) is 0 Å². The maximum absolute atomic E-state index is 14.0. The minimum atomic E-state index is -0.632. The summed E-state index contributed by atoms with van der Waals surface area (Å²) in [6.45, 7) is 4.64. The first-order valence-corrected chi connectivity index (χ1v) is 14.7. The van der Waals surface area contributed by atoms with Crippen LogP contribution in [0.5, 0.6) is 0 Å². The van der Waals surface area contributed by atoms with E-state index in [-0.39, 0.29) is 42.1 Å². The molecule has 3 aromatic rings. The number of likely N-dealkylation sites (tertiary alicyclic amines) is 1. The Kier molecular flexibility index (Phi) is 10.8. The molecule has 1 atom stereocenters. The van der Waals surface area contributed by atoms with Gasteiger partial charge in [0.1, 0.15) is 6.04 Å². The van der Waals surface area contributed by atoms with Crippen LogP contribution in [0.3, 0.4) is 0 Å². The van der Waals surface area contributed by atoms with E-state index in [2.05, 4.69) is 34.9 Å². The first-order chi connectivity index (χ1) is 19.5. The molecule has 2 N–H and O–H groups in total. The van der Waals surface area contributed by atoms with E-state index in [0.29, 0.717) is 38.8 Å². The zero-order valence-corrected chi connectivity index (χ0v) is 24.6. The Labute approximate surface area is 249 Å². The molecule has 2 fully saturated rings. The second-order valence-electron chi connectivity index (χ2n) is 10.9. The van der Waals surface area contributed by atoms with Gasteiger partial charge >= 0.3 is 0 Å². The van der Waals surface area contributed by atoms with E-state index in [4.69, 9.17) is 0 Å². The summed E-state index contributed by atoms with van der Waals surface area (Å²) < 4.78 is 0. The van der Waals surface area contributed by atoms with Crippen LogP contribution in [-0.4, -0.2) is 60.9 Å². The van der Waals surface area contributed by atoms with Crippen molar-refractivity contribution in [2.24, 2.45) is 5.92 Å². The van der Waals surface area contributed by atoms with E-state index in [1.165, 1.54) is 0 Å². The van der Waals surface area contributed by atoms with Crippen molar-refractivity contribution in [2.45, 2.75) is 57.5 Å². The SMILES string of the molecule is CCC(=O)N(c1ccccc1)C1CCN(C(=O)[C@@H](Cc2cccc3ccccc23)NC(=O)C2CCNCC2)CC1.Cl. The molecule has 3 aromatic carbocycles. The number of benzene rings is 3. The lowest BCUT2D eigenvalue weighted by atomic mass is 9.94. The maximum atomic E-state index is 14.0. The molecule has 0 spiro atoms. The van der Waals surface area contributed by atoms with E-state index in [9.17, 15) is 14.4 Å². The predicted molar refractivity (Wildman–Crippen MR) is 166 cm³/mol. The molecule has 0 radical (unpaired) electrons. The van der Waals surface area contributed by atoms with Gasteiger partial charge in [-0.15, -0.1) is 12.4 Å². The van der Waals surface area contributed by atoms with E-state index in [1.54, 1.807) is 0 Å². The highest BCUT2D eigenvalue weighted by atomic mass is 35.5. The Morgan fingerprint density at radius 2 is 1.56 bits per heavy atom. The van der Waals surface area contributed by atoms with Crippen LogP contribution in [0.2, 0.25) is 0 Å². The number of nitrogens with one attached hydrogen (secondary N) is 2. The normalized spacial score (nSPS) is 17.0. The monoisotopic (exact) mass is 576 g/mol. The largest absolute Gasteiger partial charge is 0.344 e. The number of para-hydroxylation sites is 1. The van der Waals surface area contributed by atoms with Crippen LogP contribution >= 0.6 is 12.4 Å². The number of carbonyl (C=O) groups is 3. The topological polar surface area (TPSA) is 81.8 Å². The second-order valence-corrected chi connectivity index (χ2v) is 10.9. The van der Waals surface area contributed by atoms with E-state index in [0.717, 1.165) is 48.0 Å². The van der Waals surface area contributed by atoms with Gasteiger partial charge in [-0.1, -0.05) is 67.6 Å². The standard InChI is InChI=1S/C33H40N4O3.ClH/c1-2-31(38)37(27-12-4-3-5-13-27)28-17-21-36(22-18-28)33(40)30(35-32(39)25-15-19-34-20-16-25)23-26-11-8-10-24-9-6-7-14-29(24)26;/h3-14,25,28,30,34H,2,15-23H2,1H3,(H,35,39);1H/t30-;/m1./s1. The fourth-order valence-corrected chi connectivity index (χ4v) is 6.15. The molecule has 0 aromatic heterocycles. The number of amides is 3. The Balaban J connectivity index is 0.00000387.